The van der Waals surface area contributed by atoms with Crippen molar-refractivity contribution in [3.05, 3.63) is 174 Å². The third-order valence-electron chi connectivity index (χ3n) is 12.5. The lowest BCUT2D eigenvalue weighted by atomic mass is 10.1. The predicted molar refractivity (Wildman–Crippen MR) is 294 cm³/mol. The molecule has 0 fully saturated rings. The normalized spacial score (nSPS) is 11.8. The number of sulfonamides is 3. The number of hydrogen-bond acceptors (Lipinski definition) is 13. The molecule has 21 heteroatoms. The molecule has 0 bridgehead atoms. The monoisotopic (exact) mass is 1050 g/mol. The van der Waals surface area contributed by atoms with Crippen LogP contribution in [0.25, 0.3) is 54.4 Å². The maximum absolute atomic E-state index is 13.1. The Labute approximate surface area is 426 Å². The average molecular weight is 1050 g/mol. The van der Waals surface area contributed by atoms with Gasteiger partial charge >= 0.3 is 0 Å². The second-order valence-electron chi connectivity index (χ2n) is 17.5. The van der Waals surface area contributed by atoms with Gasteiger partial charge in [-0.15, -0.1) is 0 Å². The molecule has 11 rings (SSSR count). The molecule has 0 aliphatic rings. The highest BCUT2D eigenvalue weighted by molar-refractivity contribution is 7.93. The number of H-pyrrole nitrogens is 2. The van der Waals surface area contributed by atoms with Gasteiger partial charge in [0.05, 0.1) is 60.8 Å². The highest BCUT2D eigenvalue weighted by Crippen LogP contribution is 2.34. The zero-order chi connectivity index (χ0) is 52.7. The Bertz CT molecular complexity index is 4140. The summed E-state index contributed by atoms with van der Waals surface area (Å²) in [4.78, 5) is 27.7. The molecule has 11 aromatic rings. The van der Waals surface area contributed by atoms with E-state index in [2.05, 4.69) is 49.1 Å². The Balaban J connectivity index is 0.000000136. The number of nitrogens with zero attached hydrogens (tertiary/aromatic N) is 5. The maximum atomic E-state index is 13.1. The molecule has 6 aromatic carbocycles. The zero-order valence-corrected chi connectivity index (χ0v) is 43.3. The topological polar surface area (TPSA) is 287 Å². The van der Waals surface area contributed by atoms with E-state index in [1.54, 1.807) is 91.0 Å². The number of nitrogens with two attached hydrogens (primary N) is 2. The maximum Gasteiger partial charge on any atom is 0.263 e. The van der Waals surface area contributed by atoms with Crippen LogP contribution in [0.15, 0.2) is 155 Å². The number of nitrogen functional groups attached to an aromatic ring is 2. The number of anilines is 5. The molecule has 9 N–H and O–H groups in total. The van der Waals surface area contributed by atoms with Gasteiger partial charge in [-0.1, -0.05) is 72.8 Å². The molecule has 0 atom stereocenters. The Morgan fingerprint density at radius 3 is 1.11 bits per heavy atom. The quantitative estimate of drug-likeness (QED) is 0.0663. The lowest BCUT2D eigenvalue weighted by Crippen LogP contribution is -2.18. The van der Waals surface area contributed by atoms with E-state index in [0.29, 0.717) is 61.7 Å². The molecular formula is C53H50N12O6S3. The highest BCUT2D eigenvalue weighted by atomic mass is 32.2. The van der Waals surface area contributed by atoms with Crippen molar-refractivity contribution in [1.29, 1.82) is 0 Å². The number of aryl methyl sites for hydroxylation is 5. The molecule has 5 heterocycles. The number of rotatable bonds is 9. The molecule has 0 saturated carbocycles. The smallest absolute Gasteiger partial charge is 0.263 e. The van der Waals surface area contributed by atoms with E-state index in [0.717, 1.165) is 43.4 Å². The zero-order valence-electron chi connectivity index (χ0n) is 40.8. The van der Waals surface area contributed by atoms with Crippen LogP contribution < -0.4 is 25.6 Å². The molecule has 0 spiro atoms. The van der Waals surface area contributed by atoms with Gasteiger partial charge in [0.25, 0.3) is 30.1 Å². The molecule has 0 radical (unpaired) electrons. The molecule has 0 amide bonds. The third-order valence-corrected chi connectivity index (χ3v) is 17.4. The van der Waals surface area contributed by atoms with Crippen molar-refractivity contribution in [2.45, 2.75) is 56.2 Å². The number of aromatic amines is 2. The van der Waals surface area contributed by atoms with Crippen molar-refractivity contribution in [2.24, 2.45) is 0 Å². The number of benzene rings is 6. The minimum absolute atomic E-state index is 0.129. The number of fused-ring (bicyclic) bond motifs is 5. The van der Waals surface area contributed by atoms with E-state index in [-0.39, 0.29) is 26.2 Å². The van der Waals surface area contributed by atoms with E-state index in [1.165, 1.54) is 0 Å². The molecule has 18 nitrogen and oxygen atoms in total. The lowest BCUT2D eigenvalue weighted by molar-refractivity contribution is 0.598. The van der Waals surface area contributed by atoms with Crippen molar-refractivity contribution in [2.75, 3.05) is 25.6 Å². The SMILES string of the molecule is Cc1cc(N)c(N)c(C)c1S(=O)(=O)Nc1nccc2ccccc12.Cc1cc2[nH]cnc2c(C)c1S(=O)(=O)Nc1nccc2ccccc12.Cc1cc2[nH]cnc2c(C)c1S(=O)(=O)Nc1nccc2ccccc12. The Morgan fingerprint density at radius 1 is 0.419 bits per heavy atom. The summed E-state index contributed by atoms with van der Waals surface area (Å²) in [5, 5.41) is 4.98. The van der Waals surface area contributed by atoms with Gasteiger partial charge in [-0.2, -0.15) is 0 Å². The summed E-state index contributed by atoms with van der Waals surface area (Å²) in [7, 11) is -11.5. The van der Waals surface area contributed by atoms with Crippen molar-refractivity contribution in [3.8, 4) is 0 Å². The third kappa shape index (κ3) is 9.70. The van der Waals surface area contributed by atoms with Crippen LogP contribution in [-0.2, 0) is 30.1 Å². The van der Waals surface area contributed by atoms with Crippen molar-refractivity contribution < 1.29 is 25.3 Å². The first-order valence-electron chi connectivity index (χ1n) is 22.9. The average Bonchev–Trinajstić information content (AvgIpc) is 4.04. The predicted octanol–water partition coefficient (Wildman–Crippen LogP) is 9.87. The van der Waals surface area contributed by atoms with E-state index in [4.69, 9.17) is 11.5 Å². The van der Waals surface area contributed by atoms with Crippen LogP contribution in [0.1, 0.15) is 33.4 Å². The molecule has 0 unspecified atom stereocenters. The minimum atomic E-state index is -3.85. The summed E-state index contributed by atoms with van der Waals surface area (Å²) in [6.45, 7) is 10.4. The molecule has 0 aliphatic heterocycles. The number of aromatic nitrogens is 7. The molecule has 0 saturated heterocycles. The first kappa shape index (κ1) is 50.3. The van der Waals surface area contributed by atoms with Gasteiger partial charge in [-0.3, -0.25) is 14.2 Å². The Hall–Kier alpha value is -8.66. The second kappa shape index (κ2) is 19.7. The summed E-state index contributed by atoms with van der Waals surface area (Å²) >= 11 is 0. The van der Waals surface area contributed by atoms with Crippen LogP contribution in [0.2, 0.25) is 0 Å². The Kier molecular flexibility index (Phi) is 13.4. The Morgan fingerprint density at radius 2 is 0.743 bits per heavy atom. The summed E-state index contributed by atoms with van der Waals surface area (Å²) in [5.74, 6) is 0.917. The highest BCUT2D eigenvalue weighted by Gasteiger charge is 2.26. The minimum Gasteiger partial charge on any atom is -0.397 e. The first-order valence-corrected chi connectivity index (χ1v) is 27.3. The largest absolute Gasteiger partial charge is 0.397 e. The van der Waals surface area contributed by atoms with Gasteiger partial charge < -0.3 is 21.4 Å². The van der Waals surface area contributed by atoms with Gasteiger partial charge in [-0.05, 0) is 127 Å². The fourth-order valence-electron chi connectivity index (χ4n) is 9.19. The van der Waals surface area contributed by atoms with Crippen LogP contribution in [-0.4, -0.2) is 60.1 Å². The first-order chi connectivity index (χ1) is 35.3. The van der Waals surface area contributed by atoms with Crippen LogP contribution in [0.3, 0.4) is 0 Å². The van der Waals surface area contributed by atoms with E-state index in [1.807, 2.05) is 91.0 Å². The molecule has 5 aromatic heterocycles. The van der Waals surface area contributed by atoms with Crippen molar-refractivity contribution in [1.82, 2.24) is 34.9 Å². The van der Waals surface area contributed by atoms with E-state index in [9.17, 15) is 25.3 Å². The van der Waals surface area contributed by atoms with E-state index < -0.39 is 30.1 Å². The van der Waals surface area contributed by atoms with Crippen molar-refractivity contribution in [3.63, 3.8) is 0 Å². The van der Waals surface area contributed by atoms with Crippen molar-refractivity contribution >= 4 is 113 Å². The number of pyridine rings is 3. The molecule has 376 valence electrons. The molecule has 74 heavy (non-hydrogen) atoms. The fraction of sp³-hybridized carbons (Fsp3) is 0.113. The summed E-state index contributed by atoms with van der Waals surface area (Å²) in [6.07, 6.45) is 7.88. The van der Waals surface area contributed by atoms with Gasteiger partial charge in [0.1, 0.15) is 17.5 Å². The fourth-order valence-corrected chi connectivity index (χ4v) is 13.7. The number of imidazole rings is 2. The van der Waals surface area contributed by atoms with Gasteiger partial charge in [0.2, 0.25) is 0 Å². The van der Waals surface area contributed by atoms with Crippen LogP contribution in [0.5, 0.6) is 0 Å². The van der Waals surface area contributed by atoms with Gasteiger partial charge in [0.15, 0.2) is 0 Å². The van der Waals surface area contributed by atoms with Crippen LogP contribution >= 0.6 is 0 Å². The number of hydrogen-bond donors (Lipinski definition) is 7. The van der Waals surface area contributed by atoms with E-state index >= 15 is 0 Å². The van der Waals surface area contributed by atoms with Gasteiger partial charge in [-0.25, -0.2) is 50.2 Å². The number of nitrogens with one attached hydrogen (secondary N) is 5. The van der Waals surface area contributed by atoms with Crippen LogP contribution in [0, 0.1) is 41.5 Å². The molecular weight excluding hydrogens is 997 g/mol. The standard InChI is InChI=1S/2C18H16N4O2S.C17H18N4O2S/c2*1-11-9-15-16(21-10-20-15)12(2)17(11)25(23,24)22-18-14-6-4-3-5-13(14)7-8-19-18;1-10-9-14(18)15(19)11(2)16(10)24(22,23)21-17-13-6-4-3-5-12(13)7-8-20-17/h2*3-10H,1-2H3,(H,19,22)(H,20,21);3-9H,18-19H2,1-2H3,(H,20,21). The summed E-state index contributed by atoms with van der Waals surface area (Å²) in [5.41, 5.74) is 18.8. The summed E-state index contributed by atoms with van der Waals surface area (Å²) in [6, 6.07) is 33.1. The van der Waals surface area contributed by atoms with Crippen LogP contribution in [0.4, 0.5) is 28.8 Å². The van der Waals surface area contributed by atoms with Gasteiger partial charge in [0, 0.05) is 34.7 Å². The summed E-state index contributed by atoms with van der Waals surface area (Å²) < 4.78 is 85.9. The second-order valence-corrected chi connectivity index (χ2v) is 22.4. The lowest BCUT2D eigenvalue weighted by Gasteiger charge is -2.16. The molecule has 0 aliphatic carbocycles.